The summed E-state index contributed by atoms with van der Waals surface area (Å²) in [6.45, 7) is 7.83. The second kappa shape index (κ2) is 7.19. The van der Waals surface area contributed by atoms with Crippen LogP contribution in [0.25, 0.3) is 0 Å². The number of carbonyl (C=O) groups is 3. The fraction of sp³-hybridized carbons (Fsp3) is 0.577. The van der Waals surface area contributed by atoms with E-state index < -0.39 is 22.1 Å². The summed E-state index contributed by atoms with van der Waals surface area (Å²) in [7, 11) is 1.38. The molecule has 0 radical (unpaired) electrons. The smallest absolute Gasteiger partial charge is 0.374 e. The van der Waals surface area contributed by atoms with Gasteiger partial charge in [-0.05, 0) is 69.1 Å². The molecule has 6 nitrogen and oxygen atoms in total. The Kier molecular flexibility index (Phi) is 4.94. The van der Waals surface area contributed by atoms with Gasteiger partial charge in [-0.3, -0.25) is 9.59 Å². The van der Waals surface area contributed by atoms with Crippen molar-refractivity contribution >= 4 is 29.5 Å². The third-order valence-electron chi connectivity index (χ3n) is 9.36. The summed E-state index contributed by atoms with van der Waals surface area (Å²) in [6.07, 6.45) is 11.7. The van der Waals surface area contributed by atoms with Crippen LogP contribution in [0, 0.1) is 22.7 Å². The highest BCUT2D eigenvalue weighted by Crippen LogP contribution is 2.76. The molecule has 1 saturated heterocycles. The molecule has 7 atom stereocenters. The van der Waals surface area contributed by atoms with Crippen LogP contribution >= 0.6 is 12.6 Å². The maximum atomic E-state index is 13.0. The monoisotopic (exact) mass is 470 g/mol. The van der Waals surface area contributed by atoms with E-state index in [2.05, 4.69) is 33.1 Å². The first-order chi connectivity index (χ1) is 15.6. The highest BCUT2D eigenvalue weighted by atomic mass is 32.1. The van der Waals surface area contributed by atoms with Crippen LogP contribution < -0.4 is 0 Å². The quantitative estimate of drug-likeness (QED) is 0.164. The van der Waals surface area contributed by atoms with Gasteiger partial charge in [0.2, 0.25) is 10.9 Å². The number of carbonyl (C=O) groups excluding carboxylic acids is 3. The summed E-state index contributed by atoms with van der Waals surface area (Å²) in [5.41, 5.74) is -1.55. The van der Waals surface area contributed by atoms with Crippen LogP contribution in [0.5, 0.6) is 0 Å². The van der Waals surface area contributed by atoms with Gasteiger partial charge in [0.05, 0.1) is 13.2 Å². The van der Waals surface area contributed by atoms with Gasteiger partial charge in [-0.25, -0.2) is 4.79 Å². The van der Waals surface area contributed by atoms with Crippen molar-refractivity contribution in [3.8, 4) is 0 Å². The number of methoxy groups -OCH3 is 1. The van der Waals surface area contributed by atoms with Crippen molar-refractivity contribution in [2.45, 2.75) is 63.3 Å². The average molecular weight is 471 g/mol. The summed E-state index contributed by atoms with van der Waals surface area (Å²) >= 11 is 4.24. The lowest BCUT2D eigenvalue weighted by Crippen LogP contribution is -2.61. The van der Waals surface area contributed by atoms with Crippen LogP contribution in [0.1, 0.15) is 46.0 Å². The molecule has 5 aliphatic rings. The van der Waals surface area contributed by atoms with Crippen LogP contribution in [-0.4, -0.2) is 41.3 Å². The summed E-state index contributed by atoms with van der Waals surface area (Å²) < 4.78 is 17.7. The first kappa shape index (κ1) is 22.7. The molecule has 4 fully saturated rings. The van der Waals surface area contributed by atoms with Crippen LogP contribution in [0.2, 0.25) is 0 Å². The molecule has 1 spiro atoms. The van der Waals surface area contributed by atoms with E-state index in [1.54, 1.807) is 12.2 Å². The molecule has 1 aliphatic heterocycles. The Morgan fingerprint density at radius 2 is 2.03 bits per heavy atom. The molecule has 6 unspecified atom stereocenters. The number of epoxide rings is 1. The third-order valence-corrected chi connectivity index (χ3v) is 9.72. The van der Waals surface area contributed by atoms with Crippen LogP contribution in [0.4, 0.5) is 0 Å². The summed E-state index contributed by atoms with van der Waals surface area (Å²) in [4.78, 5) is 38.0. The van der Waals surface area contributed by atoms with E-state index in [0.29, 0.717) is 12.8 Å². The Balaban J connectivity index is 1.53. The molecule has 33 heavy (non-hydrogen) atoms. The van der Waals surface area contributed by atoms with Crippen molar-refractivity contribution in [1.82, 2.24) is 0 Å². The highest BCUT2D eigenvalue weighted by Gasteiger charge is 2.81. The summed E-state index contributed by atoms with van der Waals surface area (Å²) in [5, 5.41) is -0.436. The summed E-state index contributed by atoms with van der Waals surface area (Å²) in [6, 6.07) is 0. The lowest BCUT2D eigenvalue weighted by Gasteiger charge is -2.55. The van der Waals surface area contributed by atoms with Crippen molar-refractivity contribution in [3.05, 3.63) is 48.3 Å². The van der Waals surface area contributed by atoms with Crippen molar-refractivity contribution < 1.29 is 28.6 Å². The van der Waals surface area contributed by atoms with Gasteiger partial charge in [0, 0.05) is 10.8 Å². The molecule has 0 amide bonds. The standard InChI is InChI=1S/C26H30O6S/c1-5-6-19(30-4)21(28)32-25(22(29)33)12-10-17-18-8-7-15-13-16(27)9-11-23(15,2)26(18)20(31-26)14-24(17,25)3/h5-6,9,11,13,17-18,20H,1,7-8,10,12,14H2,2-4H3,(H,29,33)/b19-6-/t17?,18?,20?,23?,24?,25-,26?/m0/s1. The van der Waals surface area contributed by atoms with Gasteiger partial charge >= 0.3 is 5.97 Å². The Morgan fingerprint density at radius 1 is 1.27 bits per heavy atom. The third kappa shape index (κ3) is 2.69. The molecular formula is C26H30O6S. The van der Waals surface area contributed by atoms with Crippen molar-refractivity contribution in [1.29, 1.82) is 0 Å². The molecule has 176 valence electrons. The number of rotatable bonds is 5. The molecule has 0 aromatic heterocycles. The van der Waals surface area contributed by atoms with Crippen molar-refractivity contribution in [3.63, 3.8) is 0 Å². The van der Waals surface area contributed by atoms with Crippen LogP contribution in [0.15, 0.2) is 48.3 Å². The van der Waals surface area contributed by atoms with Crippen molar-refractivity contribution in [2.24, 2.45) is 22.7 Å². The van der Waals surface area contributed by atoms with E-state index in [-0.39, 0.29) is 40.5 Å². The molecule has 3 saturated carbocycles. The molecule has 0 aromatic carbocycles. The Labute approximate surface area is 199 Å². The number of fused-ring (bicyclic) bond motifs is 3. The second-order valence-electron chi connectivity index (χ2n) is 10.4. The first-order valence-corrected chi connectivity index (χ1v) is 12.0. The van der Waals surface area contributed by atoms with Gasteiger partial charge in [0.25, 0.3) is 0 Å². The molecule has 0 N–H and O–H groups in total. The highest BCUT2D eigenvalue weighted by molar-refractivity contribution is 7.96. The molecule has 4 aliphatic carbocycles. The van der Waals surface area contributed by atoms with Gasteiger partial charge in [-0.1, -0.05) is 31.2 Å². The van der Waals surface area contributed by atoms with Gasteiger partial charge in [0.1, 0.15) is 5.60 Å². The average Bonchev–Trinajstić information content (AvgIpc) is 3.41. The van der Waals surface area contributed by atoms with Gasteiger partial charge in [-0.2, -0.15) is 0 Å². The predicted octanol–water partition coefficient (Wildman–Crippen LogP) is 3.88. The zero-order valence-corrected chi connectivity index (χ0v) is 20.2. The largest absolute Gasteiger partial charge is 0.490 e. The Bertz CT molecular complexity index is 1060. The van der Waals surface area contributed by atoms with Gasteiger partial charge < -0.3 is 14.2 Å². The number of ether oxygens (including phenoxy) is 3. The molecule has 0 aromatic rings. The maximum absolute atomic E-state index is 13.0. The zero-order chi connectivity index (χ0) is 23.8. The van der Waals surface area contributed by atoms with E-state index in [1.165, 1.54) is 19.3 Å². The van der Waals surface area contributed by atoms with Crippen LogP contribution in [0.3, 0.4) is 0 Å². The molecule has 1 heterocycles. The Hall–Kier alpha value is -2.12. The predicted molar refractivity (Wildman–Crippen MR) is 124 cm³/mol. The number of esters is 1. The number of allylic oxidation sites excluding steroid dienone is 4. The lowest BCUT2D eigenvalue weighted by molar-refractivity contribution is -0.181. The Morgan fingerprint density at radius 3 is 2.70 bits per heavy atom. The van der Waals surface area contributed by atoms with E-state index in [0.717, 1.165) is 24.8 Å². The molecular weight excluding hydrogens is 440 g/mol. The number of ketones is 1. The maximum Gasteiger partial charge on any atom is 0.374 e. The number of hydrogen-bond donors (Lipinski definition) is 1. The molecule has 5 rings (SSSR count). The number of hydrogen-bond acceptors (Lipinski definition) is 6. The van der Waals surface area contributed by atoms with Gasteiger partial charge in [0.15, 0.2) is 11.4 Å². The van der Waals surface area contributed by atoms with E-state index in [4.69, 9.17) is 14.2 Å². The van der Waals surface area contributed by atoms with Gasteiger partial charge in [-0.15, -0.1) is 12.6 Å². The minimum absolute atomic E-state index is 0.00389. The first-order valence-electron chi connectivity index (χ1n) is 11.5. The van der Waals surface area contributed by atoms with E-state index in [1.807, 2.05) is 6.08 Å². The molecule has 7 heteroatoms. The fourth-order valence-electron chi connectivity index (χ4n) is 7.73. The molecule has 0 bridgehead atoms. The fourth-order valence-corrected chi connectivity index (χ4v) is 8.15. The van der Waals surface area contributed by atoms with Crippen molar-refractivity contribution in [2.75, 3.05) is 7.11 Å². The lowest BCUT2D eigenvalue weighted by atomic mass is 9.47. The van der Waals surface area contributed by atoms with E-state index >= 15 is 0 Å². The second-order valence-corrected chi connectivity index (χ2v) is 10.8. The zero-order valence-electron chi connectivity index (χ0n) is 19.3. The number of thiol groups is 1. The topological polar surface area (TPSA) is 82.2 Å². The summed E-state index contributed by atoms with van der Waals surface area (Å²) in [5.74, 6) is -0.344. The minimum Gasteiger partial charge on any atom is -0.490 e. The SMILES string of the molecule is C=C/C=C(\OC)C(=O)O[C@]1(C(=O)S)CCC2C3CCC4=CC(=O)C=CC4(C)C34OC4CC21C. The normalized spacial score (nSPS) is 45.1. The van der Waals surface area contributed by atoms with Crippen LogP contribution in [-0.2, 0) is 28.6 Å². The van der Waals surface area contributed by atoms with E-state index in [9.17, 15) is 14.4 Å². The minimum atomic E-state index is -1.36.